The van der Waals surface area contributed by atoms with Crippen molar-refractivity contribution in [1.82, 2.24) is 0 Å². The molecule has 0 unspecified atom stereocenters. The minimum Gasteiger partial charge on any atom is -0.508 e. The molecule has 0 aliphatic heterocycles. The molecule has 3 N–H and O–H groups in total. The summed E-state index contributed by atoms with van der Waals surface area (Å²) < 4.78 is 4.80. The second-order valence-corrected chi connectivity index (χ2v) is 3.60. The van der Waals surface area contributed by atoms with Crippen LogP contribution in [0.5, 0.6) is 5.75 Å². The Morgan fingerprint density at radius 2 is 2.19 bits per heavy atom. The zero-order chi connectivity index (χ0) is 12.0. The van der Waals surface area contributed by atoms with Gasteiger partial charge in [0, 0.05) is 6.04 Å². The molecule has 1 atom stereocenters. The van der Waals surface area contributed by atoms with Crippen molar-refractivity contribution >= 4 is 5.97 Å². The van der Waals surface area contributed by atoms with Crippen LogP contribution in [-0.2, 0) is 16.0 Å². The number of ether oxygens (including phenoxy) is 1. The van der Waals surface area contributed by atoms with E-state index < -0.39 is 0 Å². The smallest absolute Gasteiger partial charge is 0.307 e. The highest BCUT2D eigenvalue weighted by Gasteiger charge is 2.12. The molecule has 0 spiro atoms. The topological polar surface area (TPSA) is 72.5 Å². The third-order valence-corrected chi connectivity index (χ3v) is 2.21. The summed E-state index contributed by atoms with van der Waals surface area (Å²) in [7, 11) is 0. The fourth-order valence-corrected chi connectivity index (χ4v) is 1.47. The Kier molecular flexibility index (Phi) is 4.79. The quantitative estimate of drug-likeness (QED) is 0.736. The number of aromatic hydroxyl groups is 1. The second-order valence-electron chi connectivity index (χ2n) is 3.60. The number of carbonyl (C=O) groups is 1. The lowest BCUT2D eigenvalue weighted by molar-refractivity contribution is -0.143. The molecule has 1 aromatic carbocycles. The Labute approximate surface area is 95.0 Å². The van der Waals surface area contributed by atoms with Gasteiger partial charge >= 0.3 is 5.97 Å². The monoisotopic (exact) mass is 223 g/mol. The number of rotatable bonds is 5. The van der Waals surface area contributed by atoms with E-state index in [-0.39, 0.29) is 24.2 Å². The van der Waals surface area contributed by atoms with Crippen LogP contribution in [0.25, 0.3) is 0 Å². The van der Waals surface area contributed by atoms with Gasteiger partial charge in [0.1, 0.15) is 5.75 Å². The van der Waals surface area contributed by atoms with Crippen LogP contribution in [0.3, 0.4) is 0 Å². The molecule has 0 amide bonds. The van der Waals surface area contributed by atoms with Gasteiger partial charge in [-0.1, -0.05) is 18.2 Å². The molecule has 16 heavy (non-hydrogen) atoms. The summed E-state index contributed by atoms with van der Waals surface area (Å²) in [6.07, 6.45) is 0.633. The lowest BCUT2D eigenvalue weighted by Gasteiger charge is -2.11. The van der Waals surface area contributed by atoms with Gasteiger partial charge in [0.2, 0.25) is 0 Å². The SMILES string of the molecule is CCOC(=O)C[C@H](N)Cc1ccccc1O. The number of benzene rings is 1. The van der Waals surface area contributed by atoms with Crippen LogP contribution in [-0.4, -0.2) is 23.7 Å². The number of esters is 1. The van der Waals surface area contributed by atoms with Crippen LogP contribution in [0.2, 0.25) is 0 Å². The normalized spacial score (nSPS) is 12.1. The fourth-order valence-electron chi connectivity index (χ4n) is 1.47. The van der Waals surface area contributed by atoms with E-state index in [4.69, 9.17) is 10.5 Å². The first-order valence-corrected chi connectivity index (χ1v) is 5.31. The fraction of sp³-hybridized carbons (Fsp3) is 0.417. The number of carbonyl (C=O) groups excluding carboxylic acids is 1. The highest BCUT2D eigenvalue weighted by molar-refractivity contribution is 5.70. The van der Waals surface area contributed by atoms with Crippen molar-refractivity contribution in [2.24, 2.45) is 5.73 Å². The molecular formula is C12H17NO3. The zero-order valence-corrected chi connectivity index (χ0v) is 9.35. The summed E-state index contributed by atoms with van der Waals surface area (Å²) in [5.74, 6) is -0.0905. The molecule has 4 heteroatoms. The van der Waals surface area contributed by atoms with E-state index in [1.165, 1.54) is 0 Å². The van der Waals surface area contributed by atoms with E-state index in [2.05, 4.69) is 0 Å². The maximum absolute atomic E-state index is 11.2. The molecule has 0 bridgehead atoms. The standard InChI is InChI=1S/C12H17NO3/c1-2-16-12(15)8-10(13)7-9-5-3-4-6-11(9)14/h3-6,10,14H,2,7-8,13H2,1H3/t10-/m1/s1. The Hall–Kier alpha value is -1.55. The molecular weight excluding hydrogens is 206 g/mol. The second kappa shape index (κ2) is 6.12. The van der Waals surface area contributed by atoms with Crippen LogP contribution in [0.15, 0.2) is 24.3 Å². The van der Waals surface area contributed by atoms with Crippen LogP contribution >= 0.6 is 0 Å². The van der Waals surface area contributed by atoms with Crippen molar-refractivity contribution in [3.05, 3.63) is 29.8 Å². The lowest BCUT2D eigenvalue weighted by Crippen LogP contribution is -2.27. The maximum atomic E-state index is 11.2. The summed E-state index contributed by atoms with van der Waals surface area (Å²) >= 11 is 0. The van der Waals surface area contributed by atoms with Crippen molar-refractivity contribution in [3.63, 3.8) is 0 Å². The van der Waals surface area contributed by atoms with Gasteiger partial charge in [-0.05, 0) is 25.0 Å². The van der Waals surface area contributed by atoms with E-state index in [9.17, 15) is 9.90 Å². The zero-order valence-electron chi connectivity index (χ0n) is 9.35. The third kappa shape index (κ3) is 3.90. The predicted octanol–water partition coefficient (Wildman–Crippen LogP) is 1.22. The number of nitrogens with two attached hydrogens (primary N) is 1. The number of phenols is 1. The van der Waals surface area contributed by atoms with Crippen molar-refractivity contribution in [2.75, 3.05) is 6.61 Å². The van der Waals surface area contributed by atoms with E-state index >= 15 is 0 Å². The Morgan fingerprint density at radius 3 is 2.81 bits per heavy atom. The van der Waals surface area contributed by atoms with Crippen LogP contribution in [0.4, 0.5) is 0 Å². The highest BCUT2D eigenvalue weighted by atomic mass is 16.5. The molecule has 0 aliphatic carbocycles. The van der Waals surface area contributed by atoms with Gasteiger partial charge in [-0.2, -0.15) is 0 Å². The Balaban J connectivity index is 2.48. The highest BCUT2D eigenvalue weighted by Crippen LogP contribution is 2.17. The average Bonchev–Trinajstić information content (AvgIpc) is 2.21. The third-order valence-electron chi connectivity index (χ3n) is 2.21. The molecule has 1 rings (SSSR count). The Bertz CT molecular complexity index is 352. The minimum absolute atomic E-state index is 0.169. The molecule has 0 radical (unpaired) electrons. The first-order chi connectivity index (χ1) is 7.63. The van der Waals surface area contributed by atoms with Crippen molar-refractivity contribution in [3.8, 4) is 5.75 Å². The molecule has 0 saturated heterocycles. The molecule has 0 saturated carbocycles. The molecule has 4 nitrogen and oxygen atoms in total. The number of hydrogen-bond acceptors (Lipinski definition) is 4. The van der Waals surface area contributed by atoms with E-state index in [0.29, 0.717) is 13.0 Å². The van der Waals surface area contributed by atoms with Crippen LogP contribution in [0, 0.1) is 0 Å². The van der Waals surface area contributed by atoms with Crippen LogP contribution in [0.1, 0.15) is 18.9 Å². The Morgan fingerprint density at radius 1 is 1.50 bits per heavy atom. The summed E-state index contributed by atoms with van der Waals surface area (Å²) in [5.41, 5.74) is 6.54. The number of para-hydroxylation sites is 1. The average molecular weight is 223 g/mol. The minimum atomic E-state index is -0.327. The van der Waals surface area contributed by atoms with Gasteiger partial charge < -0.3 is 15.6 Å². The molecule has 1 aromatic rings. The lowest BCUT2D eigenvalue weighted by atomic mass is 10.0. The van der Waals surface area contributed by atoms with Gasteiger partial charge in [-0.15, -0.1) is 0 Å². The predicted molar refractivity (Wildman–Crippen MR) is 61.0 cm³/mol. The van der Waals surface area contributed by atoms with Gasteiger partial charge in [0.25, 0.3) is 0 Å². The van der Waals surface area contributed by atoms with Crippen molar-refractivity contribution in [1.29, 1.82) is 0 Å². The molecule has 0 heterocycles. The van der Waals surface area contributed by atoms with Gasteiger partial charge in [-0.25, -0.2) is 0 Å². The number of hydrogen-bond donors (Lipinski definition) is 2. The molecule has 0 fully saturated rings. The largest absolute Gasteiger partial charge is 0.508 e. The molecule has 0 aliphatic rings. The summed E-state index contributed by atoms with van der Waals surface area (Å²) in [5, 5.41) is 9.53. The maximum Gasteiger partial charge on any atom is 0.307 e. The first-order valence-electron chi connectivity index (χ1n) is 5.31. The van der Waals surface area contributed by atoms with E-state index in [1.807, 2.05) is 6.07 Å². The summed E-state index contributed by atoms with van der Waals surface area (Å²) in [6.45, 7) is 2.12. The summed E-state index contributed by atoms with van der Waals surface area (Å²) in [4.78, 5) is 11.2. The van der Waals surface area contributed by atoms with E-state index in [1.54, 1.807) is 25.1 Å². The van der Waals surface area contributed by atoms with E-state index in [0.717, 1.165) is 5.56 Å². The van der Waals surface area contributed by atoms with Gasteiger partial charge in [0.05, 0.1) is 13.0 Å². The van der Waals surface area contributed by atoms with Crippen LogP contribution < -0.4 is 5.73 Å². The van der Waals surface area contributed by atoms with Crippen molar-refractivity contribution < 1.29 is 14.6 Å². The molecule has 88 valence electrons. The van der Waals surface area contributed by atoms with Gasteiger partial charge in [-0.3, -0.25) is 4.79 Å². The number of phenolic OH excluding ortho intramolecular Hbond substituents is 1. The van der Waals surface area contributed by atoms with Gasteiger partial charge in [0.15, 0.2) is 0 Å². The first kappa shape index (κ1) is 12.5. The van der Waals surface area contributed by atoms with Crippen molar-refractivity contribution in [2.45, 2.75) is 25.8 Å². The summed E-state index contributed by atoms with van der Waals surface area (Å²) in [6, 6.07) is 6.64. The molecule has 0 aromatic heterocycles.